The number of pyridine rings is 1. The quantitative estimate of drug-likeness (QED) is 0.669. The maximum atomic E-state index is 12.2. The second-order valence-electron chi connectivity index (χ2n) is 4.96. The number of carbonyl (C=O) groups excluding carboxylic acids is 1. The number of hydrogen-bond acceptors (Lipinski definition) is 3. The summed E-state index contributed by atoms with van der Waals surface area (Å²) in [7, 11) is 0. The molecule has 3 nitrogen and oxygen atoms in total. The first-order chi connectivity index (χ1) is 9.22. The standard InChI is InChI=1S/C16H26N2O/c1-4-7-11-15(19)14-10-8-12-17-16(14)18-13(6-3)9-5-2/h8,10,12-13H,4-7,9,11H2,1-3H3,(H,17,18). The van der Waals surface area contributed by atoms with Gasteiger partial charge in [-0.15, -0.1) is 0 Å². The first-order valence-electron chi connectivity index (χ1n) is 7.47. The molecule has 0 aromatic carbocycles. The molecule has 1 heterocycles. The Morgan fingerprint density at radius 2 is 2.11 bits per heavy atom. The van der Waals surface area contributed by atoms with Gasteiger partial charge in [-0.25, -0.2) is 4.98 Å². The van der Waals surface area contributed by atoms with E-state index in [4.69, 9.17) is 0 Å². The van der Waals surface area contributed by atoms with Crippen LogP contribution in [0.15, 0.2) is 18.3 Å². The smallest absolute Gasteiger partial charge is 0.166 e. The fourth-order valence-corrected chi connectivity index (χ4v) is 2.14. The van der Waals surface area contributed by atoms with Gasteiger partial charge in [-0.2, -0.15) is 0 Å². The molecule has 0 fully saturated rings. The molecule has 3 heteroatoms. The maximum Gasteiger partial charge on any atom is 0.166 e. The second-order valence-corrected chi connectivity index (χ2v) is 4.96. The van der Waals surface area contributed by atoms with Crippen molar-refractivity contribution in [3.63, 3.8) is 0 Å². The highest BCUT2D eigenvalue weighted by Gasteiger charge is 2.14. The van der Waals surface area contributed by atoms with Crippen LogP contribution in [0, 0.1) is 0 Å². The molecule has 1 aromatic rings. The van der Waals surface area contributed by atoms with Crippen LogP contribution in [0.2, 0.25) is 0 Å². The number of Topliss-reactive ketones (excluding diaryl/α,β-unsaturated/α-hetero) is 1. The largest absolute Gasteiger partial charge is 0.367 e. The number of nitrogens with zero attached hydrogens (tertiary/aromatic N) is 1. The van der Waals surface area contributed by atoms with Crippen LogP contribution in [0.1, 0.15) is 69.7 Å². The lowest BCUT2D eigenvalue weighted by atomic mass is 10.0. The second kappa shape index (κ2) is 8.68. The normalized spacial score (nSPS) is 12.2. The molecule has 0 bridgehead atoms. The minimum Gasteiger partial charge on any atom is -0.367 e. The summed E-state index contributed by atoms with van der Waals surface area (Å²) in [4.78, 5) is 16.5. The van der Waals surface area contributed by atoms with E-state index >= 15 is 0 Å². The first-order valence-corrected chi connectivity index (χ1v) is 7.47. The Morgan fingerprint density at radius 1 is 1.32 bits per heavy atom. The summed E-state index contributed by atoms with van der Waals surface area (Å²) >= 11 is 0. The summed E-state index contributed by atoms with van der Waals surface area (Å²) < 4.78 is 0. The fraction of sp³-hybridized carbons (Fsp3) is 0.625. The lowest BCUT2D eigenvalue weighted by Crippen LogP contribution is -2.20. The van der Waals surface area contributed by atoms with Gasteiger partial charge in [0.05, 0.1) is 5.56 Å². The van der Waals surface area contributed by atoms with Crippen LogP contribution in [0.4, 0.5) is 5.82 Å². The van der Waals surface area contributed by atoms with Crippen LogP contribution >= 0.6 is 0 Å². The molecule has 0 aliphatic carbocycles. The molecule has 19 heavy (non-hydrogen) atoms. The van der Waals surface area contributed by atoms with Crippen LogP contribution in [0.25, 0.3) is 0 Å². The number of carbonyl (C=O) groups is 1. The highest BCUT2D eigenvalue weighted by atomic mass is 16.1. The van der Waals surface area contributed by atoms with Crippen molar-refractivity contribution in [1.82, 2.24) is 4.98 Å². The zero-order chi connectivity index (χ0) is 14.1. The van der Waals surface area contributed by atoms with Gasteiger partial charge in [-0.1, -0.05) is 33.6 Å². The summed E-state index contributed by atoms with van der Waals surface area (Å²) in [6, 6.07) is 4.12. The zero-order valence-electron chi connectivity index (χ0n) is 12.4. The molecule has 1 atom stereocenters. The molecule has 106 valence electrons. The lowest BCUT2D eigenvalue weighted by molar-refractivity contribution is 0.0980. The summed E-state index contributed by atoms with van der Waals surface area (Å²) in [6.07, 6.45) is 7.64. The molecule has 0 amide bonds. The molecule has 0 aliphatic rings. The Kier molecular flexibility index (Phi) is 7.16. The molecular weight excluding hydrogens is 236 g/mol. The lowest BCUT2D eigenvalue weighted by Gasteiger charge is -2.18. The van der Waals surface area contributed by atoms with Crippen LogP contribution in [0.5, 0.6) is 0 Å². The molecule has 0 radical (unpaired) electrons. The number of rotatable bonds is 9. The predicted octanol–water partition coefficient (Wildman–Crippen LogP) is 4.45. The summed E-state index contributed by atoms with van der Waals surface area (Å²) in [5, 5.41) is 3.42. The number of nitrogens with one attached hydrogen (secondary N) is 1. The van der Waals surface area contributed by atoms with Crippen LogP contribution in [0.3, 0.4) is 0 Å². The van der Waals surface area contributed by atoms with E-state index in [1.807, 2.05) is 12.1 Å². The van der Waals surface area contributed by atoms with Crippen molar-refractivity contribution < 1.29 is 4.79 Å². The minimum absolute atomic E-state index is 0.198. The van der Waals surface area contributed by atoms with Gasteiger partial charge in [-0.3, -0.25) is 4.79 Å². The van der Waals surface area contributed by atoms with E-state index in [-0.39, 0.29) is 5.78 Å². The van der Waals surface area contributed by atoms with Crippen molar-refractivity contribution in [3.05, 3.63) is 23.9 Å². The van der Waals surface area contributed by atoms with Crippen molar-refractivity contribution in [1.29, 1.82) is 0 Å². The molecule has 0 saturated carbocycles. The first kappa shape index (κ1) is 15.7. The summed E-state index contributed by atoms with van der Waals surface area (Å²) in [6.45, 7) is 6.44. The minimum atomic E-state index is 0.198. The Bertz CT molecular complexity index is 390. The third-order valence-electron chi connectivity index (χ3n) is 3.34. The number of hydrogen-bond donors (Lipinski definition) is 1. The highest BCUT2D eigenvalue weighted by Crippen LogP contribution is 2.18. The maximum absolute atomic E-state index is 12.2. The monoisotopic (exact) mass is 262 g/mol. The highest BCUT2D eigenvalue weighted by molar-refractivity contribution is 6.00. The van der Waals surface area contributed by atoms with Crippen LogP contribution in [-0.4, -0.2) is 16.8 Å². The number of aromatic nitrogens is 1. The van der Waals surface area contributed by atoms with Crippen molar-refractivity contribution in [2.24, 2.45) is 0 Å². The topological polar surface area (TPSA) is 42.0 Å². The fourth-order valence-electron chi connectivity index (χ4n) is 2.14. The molecule has 1 aromatic heterocycles. The van der Waals surface area contributed by atoms with Gasteiger partial charge in [0, 0.05) is 18.7 Å². The van der Waals surface area contributed by atoms with Crippen molar-refractivity contribution in [2.45, 2.75) is 65.3 Å². The van der Waals surface area contributed by atoms with E-state index < -0.39 is 0 Å². The van der Waals surface area contributed by atoms with Crippen molar-refractivity contribution >= 4 is 11.6 Å². The Morgan fingerprint density at radius 3 is 2.74 bits per heavy atom. The molecule has 1 rings (SSSR count). The SMILES string of the molecule is CCCCC(=O)c1cccnc1NC(CC)CCC. The van der Waals surface area contributed by atoms with Crippen molar-refractivity contribution in [3.8, 4) is 0 Å². The average Bonchev–Trinajstić information content (AvgIpc) is 2.44. The number of unbranched alkanes of at least 4 members (excludes halogenated alkanes) is 1. The van der Waals surface area contributed by atoms with Gasteiger partial charge in [-0.05, 0) is 31.4 Å². The van der Waals surface area contributed by atoms with E-state index in [9.17, 15) is 4.79 Å². The predicted molar refractivity (Wildman–Crippen MR) is 80.7 cm³/mol. The molecule has 1 N–H and O–H groups in total. The number of ketones is 1. The van der Waals surface area contributed by atoms with Crippen LogP contribution < -0.4 is 5.32 Å². The van der Waals surface area contributed by atoms with Crippen molar-refractivity contribution in [2.75, 3.05) is 5.32 Å². The Labute approximate surface area is 116 Å². The third-order valence-corrected chi connectivity index (χ3v) is 3.34. The summed E-state index contributed by atoms with van der Waals surface area (Å²) in [5.41, 5.74) is 0.741. The van der Waals surface area contributed by atoms with Gasteiger partial charge >= 0.3 is 0 Å². The average molecular weight is 262 g/mol. The van der Waals surface area contributed by atoms with Gasteiger partial charge in [0.25, 0.3) is 0 Å². The van der Waals surface area contributed by atoms with E-state index in [1.54, 1.807) is 6.20 Å². The van der Waals surface area contributed by atoms with Gasteiger partial charge < -0.3 is 5.32 Å². The van der Waals surface area contributed by atoms with Gasteiger partial charge in [0.2, 0.25) is 0 Å². The number of anilines is 1. The zero-order valence-corrected chi connectivity index (χ0v) is 12.4. The molecule has 1 unspecified atom stereocenters. The molecular formula is C16H26N2O. The summed E-state index contributed by atoms with van der Waals surface area (Å²) in [5.74, 6) is 0.952. The van der Waals surface area contributed by atoms with Gasteiger partial charge in [0.15, 0.2) is 5.78 Å². The van der Waals surface area contributed by atoms with Crippen LogP contribution in [-0.2, 0) is 0 Å². The Hall–Kier alpha value is -1.38. The molecule has 0 aliphatic heterocycles. The third kappa shape index (κ3) is 5.01. The Balaban J connectivity index is 2.79. The van der Waals surface area contributed by atoms with E-state index in [0.717, 1.165) is 43.5 Å². The molecule has 0 saturated heterocycles. The van der Waals surface area contributed by atoms with E-state index in [0.29, 0.717) is 12.5 Å². The van der Waals surface area contributed by atoms with E-state index in [1.165, 1.54) is 0 Å². The van der Waals surface area contributed by atoms with E-state index in [2.05, 4.69) is 31.1 Å². The van der Waals surface area contributed by atoms with Gasteiger partial charge in [0.1, 0.15) is 5.82 Å². The molecule has 0 spiro atoms.